The van der Waals surface area contributed by atoms with Gasteiger partial charge in [0.1, 0.15) is 0 Å². The Balaban J connectivity index is 1.50. The molecule has 1 aliphatic carbocycles. The average Bonchev–Trinajstić information content (AvgIpc) is 3.19. The number of likely N-dealkylation sites (tertiary alicyclic amines) is 1. The molecule has 28 heavy (non-hydrogen) atoms. The second-order valence-corrected chi connectivity index (χ2v) is 8.25. The van der Waals surface area contributed by atoms with Gasteiger partial charge in [-0.1, -0.05) is 61.4 Å². The van der Waals surface area contributed by atoms with Gasteiger partial charge in [0.15, 0.2) is 0 Å². The zero-order valence-electron chi connectivity index (χ0n) is 16.0. The first kappa shape index (κ1) is 17.5. The molecular weight excluding hydrogens is 348 g/mol. The standard InChI is InChI=1S/C24H26N2O2/c27-23(19-16-25-21-12-6-4-10-18(19)21)26-15-14-24(28,17-8-2-1-3-9-17)20-11-5-7-13-22(20)26/h1-4,6,8-10,12,16,20,22,25,28H,5,7,11,13-15H2/t20-,22?,24+/m0/s1. The number of amides is 1. The maximum absolute atomic E-state index is 13.5. The molecule has 3 aromatic rings. The van der Waals surface area contributed by atoms with Crippen LogP contribution in [-0.4, -0.2) is 33.5 Å². The van der Waals surface area contributed by atoms with Gasteiger partial charge in [0, 0.05) is 35.6 Å². The average molecular weight is 374 g/mol. The summed E-state index contributed by atoms with van der Waals surface area (Å²) in [5.74, 6) is 0.177. The van der Waals surface area contributed by atoms with E-state index in [1.165, 1.54) is 0 Å². The van der Waals surface area contributed by atoms with E-state index in [4.69, 9.17) is 0 Å². The van der Waals surface area contributed by atoms with Gasteiger partial charge < -0.3 is 15.0 Å². The zero-order chi connectivity index (χ0) is 19.1. The summed E-state index contributed by atoms with van der Waals surface area (Å²) in [5, 5.41) is 12.7. The first-order valence-corrected chi connectivity index (χ1v) is 10.3. The van der Waals surface area contributed by atoms with Crippen LogP contribution >= 0.6 is 0 Å². The molecule has 2 N–H and O–H groups in total. The topological polar surface area (TPSA) is 56.3 Å². The third kappa shape index (κ3) is 2.67. The van der Waals surface area contributed by atoms with Crippen molar-refractivity contribution in [3.8, 4) is 0 Å². The van der Waals surface area contributed by atoms with Crippen molar-refractivity contribution in [2.75, 3.05) is 6.54 Å². The van der Waals surface area contributed by atoms with Gasteiger partial charge in [0.05, 0.1) is 11.2 Å². The van der Waals surface area contributed by atoms with Gasteiger partial charge in [0.25, 0.3) is 5.91 Å². The van der Waals surface area contributed by atoms with Crippen molar-refractivity contribution >= 4 is 16.8 Å². The number of hydrogen-bond acceptors (Lipinski definition) is 2. The number of para-hydroxylation sites is 1. The van der Waals surface area contributed by atoms with Gasteiger partial charge in [-0.3, -0.25) is 4.79 Å². The molecule has 3 atom stereocenters. The zero-order valence-corrected chi connectivity index (χ0v) is 16.0. The lowest BCUT2D eigenvalue weighted by atomic mass is 9.66. The second-order valence-electron chi connectivity index (χ2n) is 8.25. The lowest BCUT2D eigenvalue weighted by Gasteiger charge is -2.52. The molecule has 0 radical (unpaired) electrons. The number of rotatable bonds is 2. The van der Waals surface area contributed by atoms with Crippen molar-refractivity contribution in [3.05, 3.63) is 71.9 Å². The van der Waals surface area contributed by atoms with Crippen LogP contribution in [0.25, 0.3) is 10.9 Å². The Hall–Kier alpha value is -2.59. The number of H-pyrrole nitrogens is 1. The van der Waals surface area contributed by atoms with Crippen molar-refractivity contribution in [1.82, 2.24) is 9.88 Å². The summed E-state index contributed by atoms with van der Waals surface area (Å²) < 4.78 is 0. The lowest BCUT2D eigenvalue weighted by molar-refractivity contribution is -0.110. The number of aromatic amines is 1. The summed E-state index contributed by atoms with van der Waals surface area (Å²) >= 11 is 0. The molecule has 5 rings (SSSR count). The summed E-state index contributed by atoms with van der Waals surface area (Å²) in [7, 11) is 0. The van der Waals surface area contributed by atoms with Crippen molar-refractivity contribution in [1.29, 1.82) is 0 Å². The summed E-state index contributed by atoms with van der Waals surface area (Å²) in [6, 6.07) is 18.1. The Morgan fingerprint density at radius 3 is 2.64 bits per heavy atom. The predicted octanol–water partition coefficient (Wildman–Crippen LogP) is 4.46. The summed E-state index contributed by atoms with van der Waals surface area (Å²) in [6.07, 6.45) is 6.59. The van der Waals surface area contributed by atoms with Gasteiger partial charge in [0.2, 0.25) is 0 Å². The van der Waals surface area contributed by atoms with Crippen LogP contribution in [0, 0.1) is 5.92 Å². The van der Waals surface area contributed by atoms with Gasteiger partial charge in [-0.25, -0.2) is 0 Å². The number of nitrogens with zero attached hydrogens (tertiary/aromatic N) is 1. The molecule has 4 heteroatoms. The maximum Gasteiger partial charge on any atom is 0.256 e. The Morgan fingerprint density at radius 1 is 1.04 bits per heavy atom. The number of carbonyl (C=O) groups is 1. The molecule has 2 heterocycles. The van der Waals surface area contributed by atoms with Crippen LogP contribution in [0.4, 0.5) is 0 Å². The molecule has 1 saturated heterocycles. The third-order valence-electron chi connectivity index (χ3n) is 6.83. The Kier molecular flexibility index (Phi) is 4.24. The molecule has 2 aliphatic rings. The number of carbonyl (C=O) groups excluding carboxylic acids is 1. The van der Waals surface area contributed by atoms with E-state index in [0.29, 0.717) is 13.0 Å². The van der Waals surface area contributed by atoms with E-state index < -0.39 is 5.60 Å². The van der Waals surface area contributed by atoms with Crippen molar-refractivity contribution < 1.29 is 9.90 Å². The fraction of sp³-hybridized carbons (Fsp3) is 0.375. The van der Waals surface area contributed by atoms with Crippen LogP contribution in [0.2, 0.25) is 0 Å². The van der Waals surface area contributed by atoms with Gasteiger partial charge in [-0.05, 0) is 30.9 Å². The predicted molar refractivity (Wildman–Crippen MR) is 110 cm³/mol. The van der Waals surface area contributed by atoms with E-state index in [9.17, 15) is 9.90 Å². The van der Waals surface area contributed by atoms with E-state index in [0.717, 1.165) is 47.7 Å². The number of nitrogens with one attached hydrogen (secondary N) is 1. The molecule has 1 aromatic heterocycles. The summed E-state index contributed by atoms with van der Waals surface area (Å²) in [6.45, 7) is 0.588. The first-order chi connectivity index (χ1) is 13.7. The van der Waals surface area contributed by atoms with Crippen LogP contribution in [0.5, 0.6) is 0 Å². The number of aromatic nitrogens is 1. The maximum atomic E-state index is 13.5. The largest absolute Gasteiger partial charge is 0.385 e. The molecule has 0 bridgehead atoms. The van der Waals surface area contributed by atoms with Crippen LogP contribution < -0.4 is 0 Å². The summed E-state index contributed by atoms with van der Waals surface area (Å²) in [4.78, 5) is 18.8. The molecule has 2 fully saturated rings. The Labute approximate surface area is 165 Å². The Morgan fingerprint density at radius 2 is 1.79 bits per heavy atom. The lowest BCUT2D eigenvalue weighted by Crippen LogP contribution is -2.58. The molecule has 1 aliphatic heterocycles. The van der Waals surface area contributed by atoms with Crippen molar-refractivity contribution in [2.45, 2.75) is 43.7 Å². The van der Waals surface area contributed by atoms with Crippen molar-refractivity contribution in [2.24, 2.45) is 5.92 Å². The quantitative estimate of drug-likeness (QED) is 0.696. The number of piperidine rings is 1. The van der Waals surface area contributed by atoms with Crippen molar-refractivity contribution in [3.63, 3.8) is 0 Å². The monoisotopic (exact) mass is 374 g/mol. The molecule has 1 unspecified atom stereocenters. The second kappa shape index (κ2) is 6.78. The molecule has 1 amide bonds. The number of aliphatic hydroxyl groups is 1. The first-order valence-electron chi connectivity index (χ1n) is 10.3. The highest BCUT2D eigenvalue weighted by molar-refractivity contribution is 6.06. The highest BCUT2D eigenvalue weighted by Gasteiger charge is 2.50. The minimum Gasteiger partial charge on any atom is -0.385 e. The normalized spacial score (nSPS) is 27.5. The highest BCUT2D eigenvalue weighted by Crippen LogP contribution is 2.47. The minimum atomic E-state index is -0.844. The van der Waals surface area contributed by atoms with E-state index >= 15 is 0 Å². The fourth-order valence-electron chi connectivity index (χ4n) is 5.42. The molecule has 1 saturated carbocycles. The van der Waals surface area contributed by atoms with Crippen LogP contribution in [-0.2, 0) is 5.60 Å². The summed E-state index contributed by atoms with van der Waals surface area (Å²) in [5.41, 5.74) is 1.88. The SMILES string of the molecule is O=C(c1c[nH]c2ccccc12)N1CC[C@@](O)(c2ccccc2)[C@H]2CCCCC21. The van der Waals surface area contributed by atoms with Crippen LogP contribution in [0.3, 0.4) is 0 Å². The van der Waals surface area contributed by atoms with E-state index in [1.54, 1.807) is 0 Å². The Bertz CT molecular complexity index is 996. The number of fused-ring (bicyclic) bond motifs is 2. The highest BCUT2D eigenvalue weighted by atomic mass is 16.3. The van der Waals surface area contributed by atoms with Gasteiger partial charge >= 0.3 is 0 Å². The van der Waals surface area contributed by atoms with Gasteiger partial charge in [-0.15, -0.1) is 0 Å². The van der Waals surface area contributed by atoms with Crippen LogP contribution in [0.1, 0.15) is 48.0 Å². The van der Waals surface area contributed by atoms with Gasteiger partial charge in [-0.2, -0.15) is 0 Å². The van der Waals surface area contributed by atoms with E-state index in [-0.39, 0.29) is 17.9 Å². The molecule has 4 nitrogen and oxygen atoms in total. The van der Waals surface area contributed by atoms with Crippen LogP contribution in [0.15, 0.2) is 60.8 Å². The number of benzene rings is 2. The smallest absolute Gasteiger partial charge is 0.256 e. The third-order valence-corrected chi connectivity index (χ3v) is 6.83. The molecular formula is C24H26N2O2. The van der Waals surface area contributed by atoms with E-state index in [1.807, 2.05) is 65.7 Å². The van der Waals surface area contributed by atoms with E-state index in [2.05, 4.69) is 4.98 Å². The fourth-order valence-corrected chi connectivity index (χ4v) is 5.42. The molecule has 0 spiro atoms. The number of hydrogen-bond donors (Lipinski definition) is 2. The minimum absolute atomic E-state index is 0.0875. The molecule has 144 valence electrons. The molecule has 2 aromatic carbocycles.